The van der Waals surface area contributed by atoms with Gasteiger partial charge in [0.15, 0.2) is 0 Å². The van der Waals surface area contributed by atoms with Crippen LogP contribution in [0.1, 0.15) is 33.4 Å². The number of carbonyl (C=O) groups is 2. The Hall–Kier alpha value is -1.76. The second-order valence-corrected chi connectivity index (χ2v) is 5.69. The summed E-state index contributed by atoms with van der Waals surface area (Å²) < 4.78 is 0. The maximum absolute atomic E-state index is 11.9. The topological polar surface area (TPSA) is 96.2 Å². The van der Waals surface area contributed by atoms with Gasteiger partial charge in [0.25, 0.3) is 11.8 Å². The molecule has 1 aromatic rings. The third-order valence-corrected chi connectivity index (χ3v) is 4.39. The van der Waals surface area contributed by atoms with Crippen LogP contribution in [0.3, 0.4) is 0 Å². The van der Waals surface area contributed by atoms with Crippen molar-refractivity contribution in [2.24, 2.45) is 5.92 Å². The van der Waals surface area contributed by atoms with E-state index in [-0.39, 0.29) is 17.5 Å². The highest BCUT2D eigenvalue weighted by Crippen LogP contribution is 2.40. The first-order valence-corrected chi connectivity index (χ1v) is 6.94. The summed E-state index contributed by atoms with van der Waals surface area (Å²) >= 11 is 1.22. The number of thiophene rings is 1. The molecule has 6 nitrogen and oxygen atoms in total. The number of rotatable bonds is 4. The lowest BCUT2D eigenvalue weighted by Gasteiger charge is -2.06. The molecule has 1 saturated carbocycles. The molecule has 0 saturated heterocycles. The van der Waals surface area contributed by atoms with Crippen LogP contribution in [0.2, 0.25) is 0 Å². The number of nitrogens with two attached hydrogens (primary N) is 1. The van der Waals surface area contributed by atoms with E-state index in [1.54, 1.807) is 7.05 Å². The Labute approximate surface area is 115 Å². The largest absolute Gasteiger partial charge is 0.397 e. The lowest BCUT2D eigenvalue weighted by Crippen LogP contribution is -2.21. The maximum atomic E-state index is 11.9. The minimum atomic E-state index is -0.278. The number of nitrogen functional groups attached to an aromatic ring is 1. The number of carbonyl (C=O) groups excluding carboxylic acids is 2. The second kappa shape index (κ2) is 5.08. The van der Waals surface area contributed by atoms with Crippen LogP contribution in [0.4, 0.5) is 10.7 Å². The van der Waals surface area contributed by atoms with Crippen LogP contribution < -0.4 is 21.7 Å². The van der Waals surface area contributed by atoms with Crippen molar-refractivity contribution in [3.8, 4) is 0 Å². The fourth-order valence-electron chi connectivity index (χ4n) is 1.87. The number of hydrogen-bond donors (Lipinski definition) is 4. The number of hydrogen-bond acceptors (Lipinski definition) is 5. The van der Waals surface area contributed by atoms with E-state index in [0.29, 0.717) is 27.4 Å². The highest BCUT2D eigenvalue weighted by Gasteiger charge is 2.35. The van der Waals surface area contributed by atoms with Crippen molar-refractivity contribution in [3.05, 3.63) is 10.4 Å². The molecular formula is C12H18N4O2S. The summed E-state index contributed by atoms with van der Waals surface area (Å²) in [5.74, 6) is 0.0357. The van der Waals surface area contributed by atoms with E-state index in [4.69, 9.17) is 5.73 Å². The molecular weight excluding hydrogens is 264 g/mol. The predicted molar refractivity (Wildman–Crippen MR) is 76.7 cm³/mol. The molecule has 2 unspecified atom stereocenters. The van der Waals surface area contributed by atoms with Gasteiger partial charge in [-0.05, 0) is 12.3 Å². The highest BCUT2D eigenvalue weighted by molar-refractivity contribution is 7.19. The first-order valence-electron chi connectivity index (χ1n) is 6.12. The van der Waals surface area contributed by atoms with Gasteiger partial charge in [0.1, 0.15) is 9.88 Å². The predicted octanol–water partition coefficient (Wildman–Crippen LogP) is 0.870. The van der Waals surface area contributed by atoms with Crippen molar-refractivity contribution >= 4 is 33.8 Å². The fraction of sp³-hybridized carbons (Fsp3) is 0.500. The van der Waals surface area contributed by atoms with Crippen LogP contribution in [0.15, 0.2) is 0 Å². The summed E-state index contributed by atoms with van der Waals surface area (Å²) in [6.45, 7) is 2.13. The first-order chi connectivity index (χ1) is 8.99. The van der Waals surface area contributed by atoms with E-state index in [1.807, 2.05) is 0 Å². The molecule has 2 atom stereocenters. The van der Waals surface area contributed by atoms with Gasteiger partial charge in [0, 0.05) is 20.1 Å². The molecule has 1 aromatic heterocycles. The van der Waals surface area contributed by atoms with Crippen molar-refractivity contribution < 1.29 is 9.59 Å². The third-order valence-electron chi connectivity index (χ3n) is 3.26. The zero-order chi connectivity index (χ0) is 14.2. The van der Waals surface area contributed by atoms with E-state index in [2.05, 4.69) is 22.9 Å². The molecule has 1 aliphatic rings. The molecule has 0 bridgehead atoms. The number of nitrogens with one attached hydrogen (secondary N) is 3. The summed E-state index contributed by atoms with van der Waals surface area (Å²) in [6, 6.07) is 0.360. The van der Waals surface area contributed by atoms with Crippen LogP contribution >= 0.6 is 11.3 Å². The van der Waals surface area contributed by atoms with E-state index in [1.165, 1.54) is 18.4 Å². The fourth-order valence-corrected chi connectivity index (χ4v) is 3.00. The number of amides is 2. The smallest absolute Gasteiger partial charge is 0.263 e. The van der Waals surface area contributed by atoms with Gasteiger partial charge in [-0.15, -0.1) is 11.3 Å². The minimum Gasteiger partial charge on any atom is -0.397 e. The zero-order valence-electron chi connectivity index (χ0n) is 11.2. The zero-order valence-corrected chi connectivity index (χ0v) is 12.0. The molecule has 0 aromatic carbocycles. The van der Waals surface area contributed by atoms with Crippen molar-refractivity contribution in [1.82, 2.24) is 10.6 Å². The van der Waals surface area contributed by atoms with E-state index >= 15 is 0 Å². The van der Waals surface area contributed by atoms with Crippen LogP contribution in [-0.2, 0) is 0 Å². The third kappa shape index (κ3) is 2.51. The molecule has 1 aliphatic carbocycles. The summed E-state index contributed by atoms with van der Waals surface area (Å²) in [4.78, 5) is 24.0. The Morgan fingerprint density at radius 2 is 1.84 bits per heavy atom. The molecule has 1 heterocycles. The highest BCUT2D eigenvalue weighted by atomic mass is 32.1. The maximum Gasteiger partial charge on any atom is 0.263 e. The normalized spacial score (nSPS) is 20.8. The van der Waals surface area contributed by atoms with Gasteiger partial charge < -0.3 is 21.7 Å². The summed E-state index contributed by atoms with van der Waals surface area (Å²) in [5, 5.41) is 9.04. The number of anilines is 2. The Morgan fingerprint density at radius 1 is 1.26 bits per heavy atom. The summed E-state index contributed by atoms with van der Waals surface area (Å²) in [6.07, 6.45) is 1.07. The molecule has 0 radical (unpaired) electrons. The molecule has 104 valence electrons. The van der Waals surface area contributed by atoms with Crippen LogP contribution in [-0.4, -0.2) is 32.0 Å². The SMILES string of the molecule is CNC(=O)c1sc(NC2CC2C)c(C(=O)NC)c1N. The Kier molecular flexibility index (Phi) is 3.66. The Morgan fingerprint density at radius 3 is 2.32 bits per heavy atom. The van der Waals surface area contributed by atoms with Crippen LogP contribution in [0.25, 0.3) is 0 Å². The molecule has 2 rings (SSSR count). The Bertz CT molecular complexity index is 526. The molecule has 0 spiro atoms. The summed E-state index contributed by atoms with van der Waals surface area (Å²) in [5.41, 5.74) is 6.54. The van der Waals surface area contributed by atoms with E-state index in [9.17, 15) is 9.59 Å². The van der Waals surface area contributed by atoms with Gasteiger partial charge >= 0.3 is 0 Å². The first kappa shape index (κ1) is 13.7. The average Bonchev–Trinajstić information content (AvgIpc) is 2.98. The monoisotopic (exact) mass is 282 g/mol. The van der Waals surface area contributed by atoms with Gasteiger partial charge in [0.2, 0.25) is 0 Å². The Balaban J connectivity index is 2.38. The lowest BCUT2D eigenvalue weighted by molar-refractivity contribution is 0.0963. The van der Waals surface area contributed by atoms with Gasteiger partial charge in [-0.3, -0.25) is 9.59 Å². The molecule has 7 heteroatoms. The van der Waals surface area contributed by atoms with Crippen molar-refractivity contribution in [2.75, 3.05) is 25.1 Å². The standard InChI is InChI=1S/C12H18N4O2S/c1-5-4-6(5)16-12-7(10(17)14-2)8(13)9(19-12)11(18)15-3/h5-6,16H,4,13H2,1-3H3,(H,14,17)(H,15,18). The molecule has 0 aliphatic heterocycles. The molecule has 5 N–H and O–H groups in total. The van der Waals surface area contributed by atoms with Gasteiger partial charge in [-0.1, -0.05) is 6.92 Å². The van der Waals surface area contributed by atoms with Crippen molar-refractivity contribution in [3.63, 3.8) is 0 Å². The average molecular weight is 282 g/mol. The quantitative estimate of drug-likeness (QED) is 0.659. The minimum absolute atomic E-state index is 0.236. The molecule has 2 amide bonds. The van der Waals surface area contributed by atoms with Crippen molar-refractivity contribution in [1.29, 1.82) is 0 Å². The van der Waals surface area contributed by atoms with Gasteiger partial charge in [-0.2, -0.15) is 0 Å². The van der Waals surface area contributed by atoms with Crippen LogP contribution in [0, 0.1) is 5.92 Å². The van der Waals surface area contributed by atoms with Gasteiger partial charge in [-0.25, -0.2) is 0 Å². The van der Waals surface area contributed by atoms with E-state index < -0.39 is 0 Å². The lowest BCUT2D eigenvalue weighted by atomic mass is 10.2. The van der Waals surface area contributed by atoms with Crippen LogP contribution in [0.5, 0.6) is 0 Å². The molecule has 19 heavy (non-hydrogen) atoms. The van der Waals surface area contributed by atoms with E-state index in [0.717, 1.165) is 6.42 Å². The summed E-state index contributed by atoms with van der Waals surface area (Å²) in [7, 11) is 3.08. The second-order valence-electron chi connectivity index (χ2n) is 4.67. The molecule has 1 fully saturated rings. The van der Waals surface area contributed by atoms with Crippen molar-refractivity contribution in [2.45, 2.75) is 19.4 Å². The van der Waals surface area contributed by atoms with Gasteiger partial charge in [0.05, 0.1) is 11.3 Å².